The van der Waals surface area contributed by atoms with Crippen LogP contribution in [0.4, 0.5) is 0 Å². The average molecular weight is 315 g/mol. The summed E-state index contributed by atoms with van der Waals surface area (Å²) in [6.45, 7) is 6.59. The molecular weight excluding hydrogens is 290 g/mol. The maximum Gasteiger partial charge on any atom is 0.249 e. The van der Waals surface area contributed by atoms with Gasteiger partial charge in [0, 0.05) is 37.8 Å². The molecule has 0 unspecified atom stereocenters. The van der Waals surface area contributed by atoms with Gasteiger partial charge in [0.25, 0.3) is 0 Å². The van der Waals surface area contributed by atoms with Gasteiger partial charge in [-0.15, -0.1) is 10.2 Å². The third-order valence-electron chi connectivity index (χ3n) is 5.45. The quantitative estimate of drug-likeness (QED) is 0.830. The number of likely N-dealkylation sites (tertiary alicyclic amines) is 1. The van der Waals surface area contributed by atoms with Crippen molar-refractivity contribution in [2.75, 3.05) is 19.6 Å². The number of fused-ring (bicyclic) bond motifs is 1. The molecule has 2 aliphatic heterocycles. The second-order valence-electron chi connectivity index (χ2n) is 6.98. The van der Waals surface area contributed by atoms with Gasteiger partial charge >= 0.3 is 0 Å². The van der Waals surface area contributed by atoms with Crippen LogP contribution in [0.15, 0.2) is 11.6 Å². The van der Waals surface area contributed by atoms with E-state index in [0.717, 1.165) is 69.2 Å². The molecule has 124 valence electrons. The monoisotopic (exact) mass is 315 g/mol. The highest BCUT2D eigenvalue weighted by Gasteiger charge is 2.37. The standard InChI is InChI=1S/C17H25N5O/c1-13-18-19-16-12-20(8-9-22(13)16)15-10-21(11-15)17(23)14-6-4-2-3-5-7-14/h6,15H,2-5,7-12H2,1H3. The van der Waals surface area contributed by atoms with Crippen LogP contribution < -0.4 is 0 Å². The van der Waals surface area contributed by atoms with Crippen LogP contribution in [0.2, 0.25) is 0 Å². The molecule has 0 radical (unpaired) electrons. The first kappa shape index (κ1) is 14.9. The van der Waals surface area contributed by atoms with Crippen LogP contribution in [0.1, 0.15) is 43.8 Å². The first-order valence-corrected chi connectivity index (χ1v) is 8.83. The van der Waals surface area contributed by atoms with E-state index in [9.17, 15) is 4.79 Å². The van der Waals surface area contributed by atoms with E-state index in [4.69, 9.17) is 0 Å². The van der Waals surface area contributed by atoms with Gasteiger partial charge in [-0.2, -0.15) is 0 Å². The molecule has 1 amide bonds. The number of aromatic nitrogens is 3. The molecule has 0 bridgehead atoms. The summed E-state index contributed by atoms with van der Waals surface area (Å²) in [5.41, 5.74) is 1.05. The van der Waals surface area contributed by atoms with Crippen LogP contribution in [0.5, 0.6) is 0 Å². The molecule has 1 aliphatic carbocycles. The predicted octanol–water partition coefficient (Wildman–Crippen LogP) is 1.50. The molecule has 3 heterocycles. The van der Waals surface area contributed by atoms with Crippen LogP contribution in [0.25, 0.3) is 0 Å². The largest absolute Gasteiger partial charge is 0.336 e. The van der Waals surface area contributed by atoms with E-state index in [2.05, 4.69) is 25.7 Å². The fourth-order valence-electron chi connectivity index (χ4n) is 3.90. The van der Waals surface area contributed by atoms with Crippen molar-refractivity contribution < 1.29 is 4.79 Å². The number of aryl methyl sites for hydroxylation is 1. The molecule has 1 fully saturated rings. The second kappa shape index (κ2) is 6.07. The third-order valence-corrected chi connectivity index (χ3v) is 5.45. The Labute approximate surface area is 137 Å². The molecule has 4 rings (SSSR count). The normalized spacial score (nSPS) is 23.0. The molecule has 6 nitrogen and oxygen atoms in total. The lowest BCUT2D eigenvalue weighted by atomic mass is 10.0. The van der Waals surface area contributed by atoms with Crippen molar-refractivity contribution in [2.24, 2.45) is 0 Å². The Balaban J connectivity index is 1.33. The summed E-state index contributed by atoms with van der Waals surface area (Å²) in [7, 11) is 0. The molecule has 1 aromatic heterocycles. The molecule has 0 N–H and O–H groups in total. The van der Waals surface area contributed by atoms with Crippen molar-refractivity contribution in [3.63, 3.8) is 0 Å². The fraction of sp³-hybridized carbons (Fsp3) is 0.706. The minimum absolute atomic E-state index is 0.277. The predicted molar refractivity (Wildman–Crippen MR) is 86.7 cm³/mol. The zero-order valence-electron chi connectivity index (χ0n) is 13.9. The zero-order chi connectivity index (χ0) is 15.8. The van der Waals surface area contributed by atoms with Crippen LogP contribution in [0.3, 0.4) is 0 Å². The third kappa shape index (κ3) is 2.80. The smallest absolute Gasteiger partial charge is 0.249 e. The number of carbonyl (C=O) groups is 1. The van der Waals surface area contributed by atoms with Gasteiger partial charge in [0.15, 0.2) is 0 Å². The van der Waals surface area contributed by atoms with E-state index in [1.807, 2.05) is 11.8 Å². The van der Waals surface area contributed by atoms with Gasteiger partial charge in [0.05, 0.1) is 6.54 Å². The number of rotatable bonds is 2. The number of nitrogens with zero attached hydrogens (tertiary/aromatic N) is 5. The molecule has 1 saturated heterocycles. The lowest BCUT2D eigenvalue weighted by Gasteiger charge is -2.46. The summed E-state index contributed by atoms with van der Waals surface area (Å²) in [4.78, 5) is 17.0. The molecule has 1 aromatic rings. The molecule has 23 heavy (non-hydrogen) atoms. The van der Waals surface area contributed by atoms with Crippen molar-refractivity contribution in [1.82, 2.24) is 24.6 Å². The van der Waals surface area contributed by atoms with Crippen molar-refractivity contribution in [3.8, 4) is 0 Å². The van der Waals surface area contributed by atoms with E-state index >= 15 is 0 Å². The Kier molecular flexibility index (Phi) is 3.93. The van der Waals surface area contributed by atoms with Gasteiger partial charge in [-0.05, 0) is 32.6 Å². The number of amides is 1. The first-order valence-electron chi connectivity index (χ1n) is 8.83. The van der Waals surface area contributed by atoms with E-state index in [0.29, 0.717) is 6.04 Å². The van der Waals surface area contributed by atoms with Gasteiger partial charge in [-0.25, -0.2) is 0 Å². The van der Waals surface area contributed by atoms with E-state index < -0.39 is 0 Å². The highest BCUT2D eigenvalue weighted by molar-refractivity contribution is 5.94. The SMILES string of the molecule is Cc1nnc2n1CCN(C1CN(C(=O)C3=CCCCCC3)C1)C2. The van der Waals surface area contributed by atoms with Gasteiger partial charge in [0.2, 0.25) is 5.91 Å². The molecule has 0 atom stereocenters. The molecule has 0 aromatic carbocycles. The van der Waals surface area contributed by atoms with Crippen molar-refractivity contribution in [1.29, 1.82) is 0 Å². The summed E-state index contributed by atoms with van der Waals surface area (Å²) in [6, 6.07) is 0.482. The molecule has 0 saturated carbocycles. The summed E-state index contributed by atoms with van der Waals surface area (Å²) in [5, 5.41) is 8.43. The molecule has 6 heteroatoms. The Morgan fingerprint density at radius 2 is 2.04 bits per heavy atom. The summed E-state index contributed by atoms with van der Waals surface area (Å²) in [6.07, 6.45) is 7.85. The maximum atomic E-state index is 12.6. The highest BCUT2D eigenvalue weighted by atomic mass is 16.2. The minimum atomic E-state index is 0.277. The van der Waals surface area contributed by atoms with Gasteiger partial charge in [0.1, 0.15) is 11.6 Å². The van der Waals surface area contributed by atoms with E-state index in [-0.39, 0.29) is 5.91 Å². The van der Waals surface area contributed by atoms with Crippen molar-refractivity contribution >= 4 is 5.91 Å². The minimum Gasteiger partial charge on any atom is -0.336 e. The van der Waals surface area contributed by atoms with Crippen LogP contribution in [-0.4, -0.2) is 56.1 Å². The van der Waals surface area contributed by atoms with Gasteiger partial charge in [-0.1, -0.05) is 12.5 Å². The molecular formula is C17H25N5O. The summed E-state index contributed by atoms with van der Waals surface area (Å²) < 4.78 is 2.20. The number of hydrogen-bond acceptors (Lipinski definition) is 4. The lowest BCUT2D eigenvalue weighted by molar-refractivity contribution is -0.135. The first-order chi connectivity index (χ1) is 11.2. The van der Waals surface area contributed by atoms with Crippen LogP contribution in [-0.2, 0) is 17.9 Å². The van der Waals surface area contributed by atoms with E-state index in [1.165, 1.54) is 12.8 Å². The zero-order valence-corrected chi connectivity index (χ0v) is 13.9. The van der Waals surface area contributed by atoms with Gasteiger partial charge in [-0.3, -0.25) is 9.69 Å². The number of carbonyl (C=O) groups excluding carboxylic acids is 1. The van der Waals surface area contributed by atoms with Crippen LogP contribution >= 0.6 is 0 Å². The summed E-state index contributed by atoms with van der Waals surface area (Å²) >= 11 is 0. The van der Waals surface area contributed by atoms with Crippen LogP contribution in [0, 0.1) is 6.92 Å². The number of allylic oxidation sites excluding steroid dienone is 1. The van der Waals surface area contributed by atoms with Gasteiger partial charge < -0.3 is 9.47 Å². The lowest BCUT2D eigenvalue weighted by Crippen LogP contribution is -2.62. The highest BCUT2D eigenvalue weighted by Crippen LogP contribution is 2.25. The van der Waals surface area contributed by atoms with Crippen molar-refractivity contribution in [2.45, 2.75) is 58.2 Å². The summed E-state index contributed by atoms with van der Waals surface area (Å²) in [5.74, 6) is 2.34. The van der Waals surface area contributed by atoms with E-state index in [1.54, 1.807) is 0 Å². The Morgan fingerprint density at radius 3 is 2.91 bits per heavy atom. The van der Waals surface area contributed by atoms with Crippen molar-refractivity contribution in [3.05, 3.63) is 23.3 Å². The second-order valence-corrected chi connectivity index (χ2v) is 6.98. The fourth-order valence-corrected chi connectivity index (χ4v) is 3.90. The topological polar surface area (TPSA) is 54.3 Å². The number of hydrogen-bond donors (Lipinski definition) is 0. The average Bonchev–Trinajstić information content (AvgIpc) is 2.74. The molecule has 3 aliphatic rings. The Bertz CT molecular complexity index is 629. The molecule has 0 spiro atoms. The Hall–Kier alpha value is -1.69. The maximum absolute atomic E-state index is 12.6. The Morgan fingerprint density at radius 1 is 1.17 bits per heavy atom.